The van der Waals surface area contributed by atoms with Crippen molar-refractivity contribution in [3.63, 3.8) is 0 Å². The molecule has 2 amide bonds. The zero-order chi connectivity index (χ0) is 22.3. The Balaban J connectivity index is 2.21. The molecule has 2 aromatic rings. The van der Waals surface area contributed by atoms with Crippen LogP contribution in [0.3, 0.4) is 0 Å². The van der Waals surface area contributed by atoms with Crippen LogP contribution in [0.25, 0.3) is 0 Å². The molecule has 2 atom stereocenters. The summed E-state index contributed by atoms with van der Waals surface area (Å²) in [4.78, 5) is 37.4. The predicted octanol–water partition coefficient (Wildman–Crippen LogP) is 2.23. The Morgan fingerprint density at radius 1 is 0.933 bits per heavy atom. The lowest BCUT2D eigenvalue weighted by Crippen LogP contribution is -2.46. The minimum absolute atomic E-state index is 0.249. The summed E-state index contributed by atoms with van der Waals surface area (Å²) in [6, 6.07) is 12.1. The molecule has 0 aliphatic rings. The van der Waals surface area contributed by atoms with Gasteiger partial charge in [0.25, 0.3) is 11.8 Å². The van der Waals surface area contributed by atoms with Crippen molar-refractivity contribution in [2.24, 2.45) is 11.7 Å². The van der Waals surface area contributed by atoms with Gasteiger partial charge in [-0.15, -0.1) is 0 Å². The lowest BCUT2D eigenvalue weighted by molar-refractivity contribution is -0.158. The number of amides is 2. The fraction of sp³-hybridized carbons (Fsp3) is 0.318. The van der Waals surface area contributed by atoms with E-state index in [-0.39, 0.29) is 11.5 Å². The van der Waals surface area contributed by atoms with Gasteiger partial charge in [0.15, 0.2) is 0 Å². The third-order valence-electron chi connectivity index (χ3n) is 4.42. The summed E-state index contributed by atoms with van der Waals surface area (Å²) in [6.07, 6.45) is -1.26. The van der Waals surface area contributed by atoms with E-state index in [4.69, 9.17) is 19.9 Å². The minimum atomic E-state index is -1.26. The van der Waals surface area contributed by atoms with Crippen LogP contribution in [0, 0.1) is 5.92 Å². The van der Waals surface area contributed by atoms with E-state index in [1.807, 2.05) is 0 Å². The van der Waals surface area contributed by atoms with E-state index in [0.717, 1.165) is 0 Å². The highest BCUT2D eigenvalue weighted by Gasteiger charge is 2.31. The normalized spacial score (nSPS) is 12.6. The molecule has 1 unspecified atom stereocenters. The molecule has 0 bridgehead atoms. The van der Waals surface area contributed by atoms with Crippen LogP contribution < -0.4 is 20.5 Å². The van der Waals surface area contributed by atoms with Gasteiger partial charge in [0.2, 0.25) is 6.10 Å². The van der Waals surface area contributed by atoms with Crippen molar-refractivity contribution in [3.05, 3.63) is 59.7 Å². The fourth-order valence-electron chi connectivity index (χ4n) is 2.77. The molecule has 30 heavy (non-hydrogen) atoms. The monoisotopic (exact) mass is 414 g/mol. The van der Waals surface area contributed by atoms with Gasteiger partial charge in [-0.2, -0.15) is 0 Å². The van der Waals surface area contributed by atoms with Crippen molar-refractivity contribution in [2.75, 3.05) is 14.2 Å². The largest absolute Gasteiger partial charge is 0.497 e. The van der Waals surface area contributed by atoms with E-state index in [1.54, 1.807) is 50.2 Å². The van der Waals surface area contributed by atoms with Crippen LogP contribution in [0.5, 0.6) is 11.5 Å². The number of rotatable bonds is 9. The first-order chi connectivity index (χ1) is 14.3. The Morgan fingerprint density at radius 3 is 1.97 bits per heavy atom. The number of methoxy groups -OCH3 is 2. The molecule has 8 heteroatoms. The molecule has 2 rings (SSSR count). The molecule has 0 aromatic heterocycles. The van der Waals surface area contributed by atoms with Crippen LogP contribution in [-0.2, 0) is 14.3 Å². The zero-order valence-corrected chi connectivity index (χ0v) is 17.4. The first kappa shape index (κ1) is 22.7. The van der Waals surface area contributed by atoms with Gasteiger partial charge in [0.1, 0.15) is 17.5 Å². The Hall–Kier alpha value is -3.55. The summed E-state index contributed by atoms with van der Waals surface area (Å²) >= 11 is 0. The summed E-state index contributed by atoms with van der Waals surface area (Å²) < 4.78 is 15.7. The topological polar surface area (TPSA) is 117 Å². The predicted molar refractivity (Wildman–Crippen MR) is 110 cm³/mol. The van der Waals surface area contributed by atoms with Crippen molar-refractivity contribution in [1.82, 2.24) is 5.32 Å². The lowest BCUT2D eigenvalue weighted by atomic mass is 10.0. The summed E-state index contributed by atoms with van der Waals surface area (Å²) in [7, 11) is 2.94. The van der Waals surface area contributed by atoms with Crippen LogP contribution in [0.4, 0.5) is 0 Å². The number of hydrogen-bond acceptors (Lipinski definition) is 6. The standard InChI is InChI=1S/C22H26N2O6/c1-13(2)18(22(27)30-19(20(23)25)14-8-6-5-7-9-14)24-21(26)15-10-16(28-3)12-17(11-15)29-4/h5-13,18-19H,1-4H3,(H2,23,25)(H,24,26)/t18-,19?/m0/s1. The molecular weight excluding hydrogens is 388 g/mol. The molecule has 8 nitrogen and oxygen atoms in total. The minimum Gasteiger partial charge on any atom is -0.497 e. The summed E-state index contributed by atoms with van der Waals surface area (Å²) in [5.74, 6) is -1.53. The van der Waals surface area contributed by atoms with E-state index in [2.05, 4.69) is 5.32 Å². The number of nitrogens with one attached hydrogen (secondary N) is 1. The Labute approximate surface area is 175 Å². The number of esters is 1. The number of ether oxygens (including phenoxy) is 3. The number of carbonyl (C=O) groups excluding carboxylic acids is 3. The SMILES string of the molecule is COc1cc(OC)cc(C(=O)N[C@H](C(=O)OC(C(N)=O)c2ccccc2)C(C)C)c1. The molecule has 0 aliphatic heterocycles. The van der Waals surface area contributed by atoms with E-state index < -0.39 is 29.9 Å². The van der Waals surface area contributed by atoms with Gasteiger partial charge in [0.05, 0.1) is 14.2 Å². The molecular formula is C22H26N2O6. The Kier molecular flexibility index (Phi) is 7.80. The number of nitrogens with two attached hydrogens (primary N) is 1. The highest BCUT2D eigenvalue weighted by Crippen LogP contribution is 2.23. The Morgan fingerprint density at radius 2 is 1.50 bits per heavy atom. The summed E-state index contributed by atoms with van der Waals surface area (Å²) in [5.41, 5.74) is 6.12. The second kappa shape index (κ2) is 10.3. The van der Waals surface area contributed by atoms with Crippen molar-refractivity contribution in [1.29, 1.82) is 0 Å². The average Bonchev–Trinajstić information content (AvgIpc) is 2.75. The van der Waals surface area contributed by atoms with Gasteiger partial charge in [-0.1, -0.05) is 44.2 Å². The second-order valence-corrected chi connectivity index (χ2v) is 6.93. The third-order valence-corrected chi connectivity index (χ3v) is 4.42. The highest BCUT2D eigenvalue weighted by molar-refractivity contribution is 5.98. The highest BCUT2D eigenvalue weighted by atomic mass is 16.5. The van der Waals surface area contributed by atoms with E-state index >= 15 is 0 Å². The van der Waals surface area contributed by atoms with Gasteiger partial charge < -0.3 is 25.3 Å². The maximum atomic E-state index is 12.8. The Bertz CT molecular complexity index is 876. The quantitative estimate of drug-likeness (QED) is 0.608. The first-order valence-electron chi connectivity index (χ1n) is 9.35. The zero-order valence-electron chi connectivity index (χ0n) is 17.4. The fourth-order valence-corrected chi connectivity index (χ4v) is 2.77. The van der Waals surface area contributed by atoms with Gasteiger partial charge in [-0.05, 0) is 18.1 Å². The molecule has 2 aromatic carbocycles. The van der Waals surface area contributed by atoms with Crippen LogP contribution >= 0.6 is 0 Å². The summed E-state index contributed by atoms with van der Waals surface area (Å²) in [6.45, 7) is 3.50. The maximum Gasteiger partial charge on any atom is 0.330 e. The van der Waals surface area contributed by atoms with Crippen molar-refractivity contribution < 1.29 is 28.6 Å². The third kappa shape index (κ3) is 5.73. The molecule has 3 N–H and O–H groups in total. The van der Waals surface area contributed by atoms with E-state index in [0.29, 0.717) is 17.1 Å². The van der Waals surface area contributed by atoms with Crippen LogP contribution in [0.1, 0.15) is 35.9 Å². The lowest BCUT2D eigenvalue weighted by Gasteiger charge is -2.24. The average molecular weight is 414 g/mol. The van der Waals surface area contributed by atoms with Gasteiger partial charge in [-0.3, -0.25) is 9.59 Å². The molecule has 0 aliphatic carbocycles. The van der Waals surface area contributed by atoms with E-state index in [1.165, 1.54) is 26.4 Å². The molecule has 160 valence electrons. The van der Waals surface area contributed by atoms with Crippen molar-refractivity contribution in [3.8, 4) is 11.5 Å². The van der Waals surface area contributed by atoms with Gasteiger partial charge in [0, 0.05) is 17.2 Å². The molecule has 0 heterocycles. The molecule has 0 saturated heterocycles. The molecule has 0 spiro atoms. The number of primary amides is 1. The maximum absolute atomic E-state index is 12.8. The summed E-state index contributed by atoms with van der Waals surface area (Å²) in [5, 5.41) is 2.65. The van der Waals surface area contributed by atoms with Crippen LogP contribution in [-0.4, -0.2) is 38.0 Å². The molecule has 0 fully saturated rings. The number of carbonyl (C=O) groups is 3. The second-order valence-electron chi connectivity index (χ2n) is 6.93. The number of benzene rings is 2. The molecule has 0 saturated carbocycles. The van der Waals surface area contributed by atoms with Gasteiger partial charge >= 0.3 is 5.97 Å². The van der Waals surface area contributed by atoms with E-state index in [9.17, 15) is 14.4 Å². The smallest absolute Gasteiger partial charge is 0.330 e. The first-order valence-corrected chi connectivity index (χ1v) is 9.35. The number of hydrogen-bond donors (Lipinski definition) is 2. The van der Waals surface area contributed by atoms with Crippen LogP contribution in [0.15, 0.2) is 48.5 Å². The van der Waals surface area contributed by atoms with Gasteiger partial charge in [-0.25, -0.2) is 4.79 Å². The van der Waals surface area contributed by atoms with Crippen LogP contribution in [0.2, 0.25) is 0 Å². The molecule has 0 radical (unpaired) electrons. The van der Waals surface area contributed by atoms with Crippen molar-refractivity contribution in [2.45, 2.75) is 26.0 Å². The van der Waals surface area contributed by atoms with Crippen molar-refractivity contribution >= 4 is 17.8 Å².